The zero-order valence-corrected chi connectivity index (χ0v) is 22.9. The molecule has 1 aliphatic heterocycles. The molecule has 0 fully saturated rings. The van der Waals surface area contributed by atoms with Crippen LogP contribution in [-0.2, 0) is 17.8 Å². The van der Waals surface area contributed by atoms with Crippen molar-refractivity contribution >= 4 is 22.9 Å². The lowest BCUT2D eigenvalue weighted by atomic mass is 9.93. The number of carbonyl (C=O) groups excluding carboxylic acids is 2. The Kier molecular flexibility index (Phi) is 7.10. The smallest absolute Gasteiger partial charge is 0.419 e. The van der Waals surface area contributed by atoms with Crippen LogP contribution in [0.2, 0.25) is 0 Å². The Bertz CT molecular complexity index is 1350. The van der Waals surface area contributed by atoms with Crippen molar-refractivity contribution in [3.05, 3.63) is 53.1 Å². The summed E-state index contributed by atoms with van der Waals surface area (Å²) in [5.41, 5.74) is 3.27. The van der Waals surface area contributed by atoms with Gasteiger partial charge in [0.25, 0.3) is 5.91 Å². The number of amides is 1. The highest BCUT2D eigenvalue weighted by atomic mass is 16.6. The Hall–Kier alpha value is -3.36. The Morgan fingerprint density at radius 2 is 1.86 bits per heavy atom. The van der Waals surface area contributed by atoms with Gasteiger partial charge in [-0.15, -0.1) is 0 Å². The lowest BCUT2D eigenvalue weighted by Crippen LogP contribution is -2.37. The van der Waals surface area contributed by atoms with Crippen LogP contribution in [0.3, 0.4) is 0 Å². The molecule has 1 aliphatic rings. The molecule has 1 amide bonds. The van der Waals surface area contributed by atoms with Crippen molar-refractivity contribution in [3.63, 3.8) is 0 Å². The first kappa shape index (κ1) is 26.7. The predicted molar refractivity (Wildman–Crippen MR) is 146 cm³/mol. The van der Waals surface area contributed by atoms with Crippen molar-refractivity contribution < 1.29 is 19.4 Å². The number of ether oxygens (including phenoxy) is 1. The van der Waals surface area contributed by atoms with Crippen LogP contribution in [0.15, 0.2) is 36.4 Å². The van der Waals surface area contributed by atoms with Gasteiger partial charge in [-0.25, -0.2) is 9.36 Å². The average Bonchev–Trinajstić information content (AvgIpc) is 3.33. The van der Waals surface area contributed by atoms with E-state index in [2.05, 4.69) is 49.5 Å². The van der Waals surface area contributed by atoms with E-state index >= 15 is 0 Å². The summed E-state index contributed by atoms with van der Waals surface area (Å²) in [5.74, 6) is -0.213. The summed E-state index contributed by atoms with van der Waals surface area (Å²) in [7, 11) is 4.16. The van der Waals surface area contributed by atoms with Crippen LogP contribution in [0.25, 0.3) is 22.2 Å². The van der Waals surface area contributed by atoms with Crippen LogP contribution in [0.5, 0.6) is 5.75 Å². The molecule has 0 spiro atoms. The lowest BCUT2D eigenvalue weighted by molar-refractivity contribution is 0.0547. The molecule has 0 saturated carbocycles. The predicted octanol–water partition coefficient (Wildman–Crippen LogP) is 4.72. The molecule has 8 nitrogen and oxygen atoms in total. The van der Waals surface area contributed by atoms with Gasteiger partial charge in [0.1, 0.15) is 11.4 Å². The summed E-state index contributed by atoms with van der Waals surface area (Å²) in [6.45, 7) is 12.7. The van der Waals surface area contributed by atoms with Crippen molar-refractivity contribution in [1.82, 2.24) is 20.1 Å². The Morgan fingerprint density at radius 1 is 1.14 bits per heavy atom. The van der Waals surface area contributed by atoms with E-state index in [0.29, 0.717) is 34.4 Å². The molecular weight excluding hydrogens is 468 g/mol. The second-order valence-corrected chi connectivity index (χ2v) is 11.9. The fraction of sp³-hybridized carbons (Fsp3) is 0.448. The summed E-state index contributed by atoms with van der Waals surface area (Å²) >= 11 is 0. The van der Waals surface area contributed by atoms with Gasteiger partial charge in [-0.1, -0.05) is 19.9 Å². The highest BCUT2D eigenvalue weighted by Gasteiger charge is 2.30. The molecule has 2 heterocycles. The summed E-state index contributed by atoms with van der Waals surface area (Å²) in [6, 6.07) is 11.2. The number of phenolic OH excluding ortho intramolecular Hbond substituents is 1. The van der Waals surface area contributed by atoms with Crippen molar-refractivity contribution in [3.8, 4) is 17.0 Å². The molecule has 0 saturated heterocycles. The van der Waals surface area contributed by atoms with Crippen LogP contribution in [0.4, 0.5) is 4.79 Å². The molecule has 37 heavy (non-hydrogen) atoms. The van der Waals surface area contributed by atoms with Crippen molar-refractivity contribution in [2.75, 3.05) is 27.2 Å². The van der Waals surface area contributed by atoms with E-state index in [0.717, 1.165) is 24.0 Å². The lowest BCUT2D eigenvalue weighted by Gasteiger charge is -2.28. The molecule has 2 aromatic carbocycles. The first-order valence-electron chi connectivity index (χ1n) is 12.6. The second kappa shape index (κ2) is 9.84. The van der Waals surface area contributed by atoms with E-state index < -0.39 is 11.7 Å². The van der Waals surface area contributed by atoms with Gasteiger partial charge in [-0.05, 0) is 76.2 Å². The van der Waals surface area contributed by atoms with Gasteiger partial charge < -0.3 is 25.4 Å². The van der Waals surface area contributed by atoms with Gasteiger partial charge in [-0.3, -0.25) is 4.79 Å². The fourth-order valence-electron chi connectivity index (χ4n) is 5.08. The molecule has 3 N–H and O–H groups in total. The molecule has 0 unspecified atom stereocenters. The molecule has 1 aromatic heterocycles. The van der Waals surface area contributed by atoms with E-state index in [-0.39, 0.29) is 23.6 Å². The van der Waals surface area contributed by atoms with Crippen LogP contribution in [0.1, 0.15) is 56.1 Å². The zero-order chi connectivity index (χ0) is 27.1. The number of hydrogen-bond acceptors (Lipinski definition) is 6. The number of fused-ring (bicyclic) bond motifs is 2. The standard InChI is InChI=1S/C29H38N4O4/c1-28(2,3)37-27(36)33-22-10-8-18(14-30-16-29(4,5)17-32(6)7)12-19(22)13-23(33)20-9-11-24(34)21-15-31-26(35)25(20)21/h8-13,30,34H,14-17H2,1-7H3,(H,31,35). The first-order valence-corrected chi connectivity index (χ1v) is 12.6. The average molecular weight is 507 g/mol. The summed E-state index contributed by atoms with van der Waals surface area (Å²) < 4.78 is 7.27. The maximum atomic E-state index is 13.4. The van der Waals surface area contributed by atoms with Crippen LogP contribution >= 0.6 is 0 Å². The Morgan fingerprint density at radius 3 is 2.54 bits per heavy atom. The molecule has 4 rings (SSSR count). The van der Waals surface area contributed by atoms with Gasteiger partial charge >= 0.3 is 6.09 Å². The Labute approximate surface area is 218 Å². The van der Waals surface area contributed by atoms with Crippen LogP contribution in [-0.4, -0.2) is 59.4 Å². The van der Waals surface area contributed by atoms with Crippen LogP contribution in [0, 0.1) is 5.41 Å². The van der Waals surface area contributed by atoms with Crippen LogP contribution < -0.4 is 10.6 Å². The number of aromatic hydroxyl groups is 1. The number of nitrogens with zero attached hydrogens (tertiary/aromatic N) is 2. The number of nitrogens with one attached hydrogen (secondary N) is 2. The first-order chi connectivity index (χ1) is 17.3. The van der Waals surface area contributed by atoms with Crippen molar-refractivity contribution in [2.45, 2.75) is 53.3 Å². The van der Waals surface area contributed by atoms with Gasteiger partial charge in [0.05, 0.1) is 16.8 Å². The summed E-state index contributed by atoms with van der Waals surface area (Å²) in [4.78, 5) is 28.3. The summed E-state index contributed by atoms with van der Waals surface area (Å²) in [6.07, 6.45) is -0.519. The molecular formula is C29H38N4O4. The third-order valence-corrected chi connectivity index (χ3v) is 6.34. The van der Waals surface area contributed by atoms with E-state index in [9.17, 15) is 14.7 Å². The van der Waals surface area contributed by atoms with Gasteiger partial charge in [0, 0.05) is 42.7 Å². The quantitative estimate of drug-likeness (QED) is 0.429. The molecule has 198 valence electrons. The maximum Gasteiger partial charge on any atom is 0.419 e. The number of hydrogen-bond donors (Lipinski definition) is 3. The molecule has 0 radical (unpaired) electrons. The second-order valence-electron chi connectivity index (χ2n) is 11.9. The third-order valence-electron chi connectivity index (χ3n) is 6.34. The highest BCUT2D eigenvalue weighted by Crippen LogP contribution is 2.37. The van der Waals surface area contributed by atoms with E-state index in [1.54, 1.807) is 12.1 Å². The molecule has 0 aliphatic carbocycles. The maximum absolute atomic E-state index is 13.4. The monoisotopic (exact) mass is 506 g/mol. The topological polar surface area (TPSA) is 95.8 Å². The molecule has 0 atom stereocenters. The number of phenols is 1. The molecule has 8 heteroatoms. The normalized spacial score (nSPS) is 13.8. The van der Waals surface area contributed by atoms with Gasteiger partial charge in [0.2, 0.25) is 0 Å². The minimum absolute atomic E-state index is 0.0579. The van der Waals surface area contributed by atoms with E-state index in [1.165, 1.54) is 4.57 Å². The molecule has 0 bridgehead atoms. The minimum atomic E-state index is -0.692. The number of aromatic nitrogens is 1. The van der Waals surface area contributed by atoms with Crippen molar-refractivity contribution in [1.29, 1.82) is 0 Å². The molecule has 3 aromatic rings. The number of carbonyl (C=O) groups is 2. The Balaban J connectivity index is 1.74. The van der Waals surface area contributed by atoms with E-state index in [4.69, 9.17) is 4.74 Å². The largest absolute Gasteiger partial charge is 0.508 e. The zero-order valence-electron chi connectivity index (χ0n) is 22.9. The fourth-order valence-corrected chi connectivity index (χ4v) is 5.08. The van der Waals surface area contributed by atoms with E-state index in [1.807, 2.05) is 39.0 Å². The van der Waals surface area contributed by atoms with Crippen molar-refractivity contribution in [2.24, 2.45) is 5.41 Å². The van der Waals surface area contributed by atoms with Gasteiger partial charge in [0.15, 0.2) is 0 Å². The SMILES string of the molecule is CN(C)CC(C)(C)CNCc1ccc2c(c1)cc(-c1ccc(O)c3c1C(=O)NC3)n2C(=O)OC(C)(C)C. The number of rotatable bonds is 7. The highest BCUT2D eigenvalue weighted by molar-refractivity contribution is 6.07. The third kappa shape index (κ3) is 5.81. The van der Waals surface area contributed by atoms with Gasteiger partial charge in [-0.2, -0.15) is 0 Å². The number of benzene rings is 2. The summed E-state index contributed by atoms with van der Waals surface area (Å²) in [5, 5.41) is 17.5. The minimum Gasteiger partial charge on any atom is -0.508 e.